The van der Waals surface area contributed by atoms with Crippen LogP contribution >= 0.6 is 11.6 Å². The van der Waals surface area contributed by atoms with Gasteiger partial charge in [-0.25, -0.2) is 0 Å². The van der Waals surface area contributed by atoms with Crippen molar-refractivity contribution in [1.82, 2.24) is 0 Å². The van der Waals surface area contributed by atoms with E-state index >= 15 is 0 Å². The molecule has 4 heteroatoms. The van der Waals surface area contributed by atoms with Crippen molar-refractivity contribution in [3.63, 3.8) is 0 Å². The fourth-order valence-electron chi connectivity index (χ4n) is 0.954. The molecular weight excluding hydrogens is 192 g/mol. The van der Waals surface area contributed by atoms with E-state index in [1.54, 1.807) is 6.07 Å². The fraction of sp³-hybridized carbons (Fsp3) is 0.222. The van der Waals surface area contributed by atoms with Crippen molar-refractivity contribution >= 4 is 17.4 Å². The molecule has 1 aromatic carbocycles. The van der Waals surface area contributed by atoms with E-state index in [0.717, 1.165) is 0 Å². The van der Waals surface area contributed by atoms with Gasteiger partial charge < -0.3 is 10.2 Å². The minimum Gasteiger partial charge on any atom is -0.504 e. The van der Waals surface area contributed by atoms with Gasteiger partial charge in [-0.1, -0.05) is 6.07 Å². The SMILES string of the molecule is O=C(CCl)Cc1ccc(O)c(O)c1. The monoisotopic (exact) mass is 200 g/mol. The van der Waals surface area contributed by atoms with Gasteiger partial charge in [0.1, 0.15) is 0 Å². The largest absolute Gasteiger partial charge is 0.504 e. The number of hydrogen-bond donors (Lipinski definition) is 2. The van der Waals surface area contributed by atoms with Crippen molar-refractivity contribution in [2.45, 2.75) is 6.42 Å². The Morgan fingerprint density at radius 3 is 2.54 bits per heavy atom. The van der Waals surface area contributed by atoms with Gasteiger partial charge in [0.15, 0.2) is 17.3 Å². The predicted molar refractivity (Wildman–Crippen MR) is 49.2 cm³/mol. The van der Waals surface area contributed by atoms with Gasteiger partial charge in [0.2, 0.25) is 0 Å². The van der Waals surface area contributed by atoms with Gasteiger partial charge in [-0.05, 0) is 17.7 Å². The molecule has 0 fully saturated rings. The molecule has 0 saturated carbocycles. The van der Waals surface area contributed by atoms with Crippen molar-refractivity contribution in [2.24, 2.45) is 0 Å². The van der Waals surface area contributed by atoms with Crippen LogP contribution in [0.15, 0.2) is 18.2 Å². The average molecular weight is 201 g/mol. The Kier molecular flexibility index (Phi) is 3.14. The molecule has 13 heavy (non-hydrogen) atoms. The normalized spacial score (nSPS) is 9.92. The van der Waals surface area contributed by atoms with E-state index < -0.39 is 0 Å². The highest BCUT2D eigenvalue weighted by Crippen LogP contribution is 2.24. The van der Waals surface area contributed by atoms with Gasteiger partial charge in [-0.2, -0.15) is 0 Å². The lowest BCUT2D eigenvalue weighted by Gasteiger charge is -2.01. The number of aromatic hydroxyl groups is 2. The molecule has 2 N–H and O–H groups in total. The number of phenolic OH excluding ortho intramolecular Hbond substituents is 2. The van der Waals surface area contributed by atoms with Gasteiger partial charge in [-0.15, -0.1) is 11.6 Å². The minimum atomic E-state index is -0.222. The van der Waals surface area contributed by atoms with Gasteiger partial charge in [0, 0.05) is 6.42 Å². The molecule has 0 heterocycles. The fourth-order valence-corrected chi connectivity index (χ4v) is 1.05. The molecule has 70 valence electrons. The maximum Gasteiger partial charge on any atom is 0.157 e. The van der Waals surface area contributed by atoms with Crippen molar-refractivity contribution in [3.05, 3.63) is 23.8 Å². The quantitative estimate of drug-likeness (QED) is 0.574. The van der Waals surface area contributed by atoms with E-state index in [1.807, 2.05) is 0 Å². The van der Waals surface area contributed by atoms with Crippen molar-refractivity contribution in [3.8, 4) is 11.5 Å². The van der Waals surface area contributed by atoms with E-state index in [0.29, 0.717) is 5.56 Å². The Morgan fingerprint density at radius 2 is 2.00 bits per heavy atom. The Balaban J connectivity index is 2.79. The summed E-state index contributed by atoms with van der Waals surface area (Å²) in [6, 6.07) is 4.26. The molecule has 0 radical (unpaired) electrons. The number of alkyl halides is 1. The molecule has 0 unspecified atom stereocenters. The second-order valence-electron chi connectivity index (χ2n) is 2.67. The Labute approximate surface area is 80.6 Å². The summed E-state index contributed by atoms with van der Waals surface area (Å²) in [7, 11) is 0. The van der Waals surface area contributed by atoms with Crippen molar-refractivity contribution in [2.75, 3.05) is 5.88 Å². The second-order valence-corrected chi connectivity index (χ2v) is 2.94. The number of hydrogen-bond acceptors (Lipinski definition) is 3. The van der Waals surface area contributed by atoms with Crippen molar-refractivity contribution in [1.29, 1.82) is 0 Å². The zero-order chi connectivity index (χ0) is 9.84. The van der Waals surface area contributed by atoms with Crippen molar-refractivity contribution < 1.29 is 15.0 Å². The molecule has 0 spiro atoms. The first-order valence-electron chi connectivity index (χ1n) is 3.72. The van der Waals surface area contributed by atoms with Crippen LogP contribution in [0.2, 0.25) is 0 Å². The number of halogens is 1. The van der Waals surface area contributed by atoms with Crippen LogP contribution in [0.1, 0.15) is 5.56 Å². The molecular formula is C9H9ClO3. The molecule has 1 aromatic rings. The smallest absolute Gasteiger partial charge is 0.157 e. The molecule has 0 aromatic heterocycles. The summed E-state index contributed by atoms with van der Waals surface area (Å²) in [6.07, 6.45) is 0.178. The van der Waals surface area contributed by atoms with E-state index in [-0.39, 0.29) is 29.6 Å². The van der Waals surface area contributed by atoms with Gasteiger partial charge >= 0.3 is 0 Å². The zero-order valence-corrected chi connectivity index (χ0v) is 7.58. The number of benzene rings is 1. The van der Waals surface area contributed by atoms with E-state index in [4.69, 9.17) is 21.8 Å². The molecule has 0 atom stereocenters. The summed E-state index contributed by atoms with van der Waals surface area (Å²) in [6.45, 7) is 0. The Hall–Kier alpha value is -1.22. The molecule has 0 aliphatic heterocycles. The molecule has 0 saturated heterocycles. The standard InChI is InChI=1S/C9H9ClO3/c10-5-7(11)3-6-1-2-8(12)9(13)4-6/h1-2,4,12-13H,3,5H2. The van der Waals surface area contributed by atoms with Crippen LogP contribution in [-0.2, 0) is 11.2 Å². The lowest BCUT2D eigenvalue weighted by Crippen LogP contribution is -2.03. The van der Waals surface area contributed by atoms with Gasteiger partial charge in [0.25, 0.3) is 0 Å². The number of rotatable bonds is 3. The minimum absolute atomic E-state index is 0.0400. The second kappa shape index (κ2) is 4.14. The number of phenols is 2. The third-order valence-corrected chi connectivity index (χ3v) is 1.89. The molecule has 0 bridgehead atoms. The molecule has 1 rings (SSSR count). The van der Waals surface area contributed by atoms with E-state index in [2.05, 4.69) is 0 Å². The van der Waals surface area contributed by atoms with Crippen LogP contribution in [0.3, 0.4) is 0 Å². The summed E-state index contributed by atoms with van der Waals surface area (Å²) >= 11 is 5.31. The third kappa shape index (κ3) is 2.63. The Morgan fingerprint density at radius 1 is 1.31 bits per heavy atom. The number of Topliss-reactive ketones (excluding diaryl/α,β-unsaturated/α-hetero) is 1. The zero-order valence-electron chi connectivity index (χ0n) is 6.83. The molecule has 0 aliphatic rings. The summed E-state index contributed by atoms with van der Waals surface area (Å²) in [5, 5.41) is 18.1. The first-order valence-corrected chi connectivity index (χ1v) is 4.25. The lowest BCUT2D eigenvalue weighted by molar-refractivity contribution is -0.116. The van der Waals surface area contributed by atoms with Crippen LogP contribution in [0, 0.1) is 0 Å². The van der Waals surface area contributed by atoms with Crippen LogP contribution < -0.4 is 0 Å². The van der Waals surface area contributed by atoms with E-state index in [9.17, 15) is 4.79 Å². The molecule has 0 aliphatic carbocycles. The highest BCUT2D eigenvalue weighted by molar-refractivity contribution is 6.27. The topological polar surface area (TPSA) is 57.5 Å². The van der Waals surface area contributed by atoms with Crippen LogP contribution in [0.5, 0.6) is 11.5 Å². The first-order chi connectivity index (χ1) is 6.13. The summed E-state index contributed by atoms with van der Waals surface area (Å²) in [5.74, 6) is -0.574. The van der Waals surface area contributed by atoms with Crippen LogP contribution in [0.4, 0.5) is 0 Å². The van der Waals surface area contributed by atoms with Gasteiger partial charge in [-0.3, -0.25) is 4.79 Å². The molecule has 3 nitrogen and oxygen atoms in total. The van der Waals surface area contributed by atoms with Crippen LogP contribution in [0.25, 0.3) is 0 Å². The lowest BCUT2D eigenvalue weighted by atomic mass is 10.1. The van der Waals surface area contributed by atoms with E-state index in [1.165, 1.54) is 12.1 Å². The highest BCUT2D eigenvalue weighted by atomic mass is 35.5. The predicted octanol–water partition coefficient (Wildman–Crippen LogP) is 1.45. The third-order valence-electron chi connectivity index (χ3n) is 1.59. The average Bonchev–Trinajstić information content (AvgIpc) is 2.11. The Bertz CT molecular complexity index is 323. The number of carbonyl (C=O) groups excluding carboxylic acids is 1. The van der Waals surface area contributed by atoms with Gasteiger partial charge in [0.05, 0.1) is 5.88 Å². The summed E-state index contributed by atoms with van der Waals surface area (Å²) < 4.78 is 0. The van der Waals surface area contributed by atoms with Crippen LogP contribution in [-0.4, -0.2) is 21.9 Å². The first kappa shape index (κ1) is 9.86. The summed E-state index contributed by atoms with van der Waals surface area (Å²) in [4.78, 5) is 10.9. The number of ketones is 1. The maximum absolute atomic E-state index is 10.9. The maximum atomic E-state index is 10.9. The highest BCUT2D eigenvalue weighted by Gasteiger charge is 2.04. The molecule has 0 amide bonds. The summed E-state index contributed by atoms with van der Waals surface area (Å²) in [5.41, 5.74) is 0.640. The number of carbonyl (C=O) groups is 1.